The number of rotatable bonds is 12. The van der Waals surface area contributed by atoms with Crippen molar-refractivity contribution in [2.45, 2.75) is 105 Å². The Hall–Kier alpha value is -1.34. The van der Waals surface area contributed by atoms with Gasteiger partial charge in [-0.25, -0.2) is 0 Å². The lowest BCUT2D eigenvalue weighted by Crippen LogP contribution is -1.91. The van der Waals surface area contributed by atoms with Crippen LogP contribution in [0.4, 0.5) is 0 Å². The van der Waals surface area contributed by atoms with Gasteiger partial charge in [0, 0.05) is 20.2 Å². The van der Waals surface area contributed by atoms with Crippen LogP contribution in [0.25, 0.3) is 20.2 Å². The number of thiophene rings is 1. The SMILES string of the molecule is CCCCCCCc1ccc2c(sc3c(C)c(CCCCCCC)ccc32)c1C. The van der Waals surface area contributed by atoms with Crippen molar-refractivity contribution >= 4 is 31.5 Å². The zero-order valence-electron chi connectivity index (χ0n) is 19.2. The maximum Gasteiger partial charge on any atom is 0.0387 e. The first-order valence-electron chi connectivity index (χ1n) is 12.1. The lowest BCUT2D eigenvalue weighted by atomic mass is 9.97. The molecule has 158 valence electrons. The fraction of sp³-hybridized carbons (Fsp3) is 0.571. The third-order valence-electron chi connectivity index (χ3n) is 6.63. The Labute approximate surface area is 182 Å². The highest BCUT2D eigenvalue weighted by molar-refractivity contribution is 7.26. The average molecular weight is 409 g/mol. The van der Waals surface area contributed by atoms with Gasteiger partial charge in [-0.3, -0.25) is 0 Å². The van der Waals surface area contributed by atoms with E-state index in [2.05, 4.69) is 52.0 Å². The van der Waals surface area contributed by atoms with Crippen molar-refractivity contribution in [3.63, 3.8) is 0 Å². The molecule has 29 heavy (non-hydrogen) atoms. The van der Waals surface area contributed by atoms with Crippen molar-refractivity contribution in [3.05, 3.63) is 46.5 Å². The van der Waals surface area contributed by atoms with E-state index in [4.69, 9.17) is 0 Å². The van der Waals surface area contributed by atoms with E-state index in [0.717, 1.165) is 0 Å². The van der Waals surface area contributed by atoms with E-state index in [1.807, 2.05) is 11.3 Å². The molecule has 0 N–H and O–H groups in total. The quantitative estimate of drug-likeness (QED) is 0.262. The van der Waals surface area contributed by atoms with Gasteiger partial charge >= 0.3 is 0 Å². The van der Waals surface area contributed by atoms with Gasteiger partial charge in [-0.15, -0.1) is 11.3 Å². The summed E-state index contributed by atoms with van der Waals surface area (Å²) < 4.78 is 3.04. The summed E-state index contributed by atoms with van der Waals surface area (Å²) in [4.78, 5) is 0. The van der Waals surface area contributed by atoms with E-state index in [0.29, 0.717) is 0 Å². The van der Waals surface area contributed by atoms with Crippen molar-refractivity contribution in [2.75, 3.05) is 0 Å². The molecule has 0 unspecified atom stereocenters. The zero-order chi connectivity index (χ0) is 20.6. The van der Waals surface area contributed by atoms with Gasteiger partial charge in [0.15, 0.2) is 0 Å². The molecule has 0 atom stereocenters. The van der Waals surface area contributed by atoms with Crippen molar-refractivity contribution in [1.82, 2.24) is 0 Å². The molecule has 0 fully saturated rings. The van der Waals surface area contributed by atoms with Gasteiger partial charge in [0.25, 0.3) is 0 Å². The Bertz CT molecular complexity index is 841. The smallest absolute Gasteiger partial charge is 0.0387 e. The van der Waals surface area contributed by atoms with Crippen LogP contribution in [0, 0.1) is 13.8 Å². The molecule has 0 spiro atoms. The number of benzene rings is 2. The van der Waals surface area contributed by atoms with Crippen LogP contribution in [0.2, 0.25) is 0 Å². The van der Waals surface area contributed by atoms with Crippen LogP contribution >= 0.6 is 11.3 Å². The van der Waals surface area contributed by atoms with Gasteiger partial charge in [-0.1, -0.05) is 89.5 Å². The van der Waals surface area contributed by atoms with Gasteiger partial charge in [0.05, 0.1) is 0 Å². The maximum absolute atomic E-state index is 2.40. The van der Waals surface area contributed by atoms with E-state index in [-0.39, 0.29) is 0 Å². The first-order valence-corrected chi connectivity index (χ1v) is 12.9. The van der Waals surface area contributed by atoms with Gasteiger partial charge in [0.2, 0.25) is 0 Å². The van der Waals surface area contributed by atoms with Crippen LogP contribution < -0.4 is 0 Å². The Morgan fingerprint density at radius 2 is 0.966 bits per heavy atom. The molecule has 0 nitrogen and oxygen atoms in total. The standard InChI is InChI=1S/C28H40S/c1-5-7-9-11-13-15-23-17-19-25-26-20-18-24(16-14-12-10-8-6-2)22(4)28(26)29-27(25)21(23)3/h17-20H,5-16H2,1-4H3. The second kappa shape index (κ2) is 11.2. The van der Waals surface area contributed by atoms with E-state index < -0.39 is 0 Å². The second-order valence-corrected chi connectivity index (χ2v) is 9.90. The Balaban J connectivity index is 1.77. The average Bonchev–Trinajstić information content (AvgIpc) is 3.11. The summed E-state index contributed by atoms with van der Waals surface area (Å²) in [5.41, 5.74) is 6.18. The van der Waals surface area contributed by atoms with Crippen LogP contribution in [0.5, 0.6) is 0 Å². The number of unbranched alkanes of at least 4 members (excludes halogenated alkanes) is 8. The van der Waals surface area contributed by atoms with Gasteiger partial charge in [0.1, 0.15) is 0 Å². The number of aryl methyl sites for hydroxylation is 4. The summed E-state index contributed by atoms with van der Waals surface area (Å²) in [6.07, 6.45) is 16.1. The molecule has 1 heteroatoms. The fourth-order valence-corrected chi connectivity index (χ4v) is 5.98. The molecule has 0 aliphatic carbocycles. The Kier molecular flexibility index (Phi) is 8.60. The van der Waals surface area contributed by atoms with E-state index in [9.17, 15) is 0 Å². The topological polar surface area (TPSA) is 0 Å². The molecule has 3 aromatic rings. The van der Waals surface area contributed by atoms with Crippen LogP contribution in [0.15, 0.2) is 24.3 Å². The third kappa shape index (κ3) is 5.43. The van der Waals surface area contributed by atoms with Gasteiger partial charge in [-0.05, 0) is 61.8 Å². The van der Waals surface area contributed by atoms with Crippen LogP contribution in [-0.2, 0) is 12.8 Å². The summed E-state index contributed by atoms with van der Waals surface area (Å²) >= 11 is 2.04. The minimum atomic E-state index is 1.24. The molecule has 0 saturated heterocycles. The normalized spacial score (nSPS) is 11.7. The molecule has 0 saturated carbocycles. The molecule has 0 radical (unpaired) electrons. The molecule has 0 bridgehead atoms. The predicted molar refractivity (Wildman–Crippen MR) is 134 cm³/mol. The molecular formula is C28H40S. The maximum atomic E-state index is 2.40. The van der Waals surface area contributed by atoms with Crippen molar-refractivity contribution in [2.24, 2.45) is 0 Å². The van der Waals surface area contributed by atoms with Crippen LogP contribution in [0.3, 0.4) is 0 Å². The summed E-state index contributed by atoms with van der Waals surface area (Å²) in [6, 6.07) is 9.60. The van der Waals surface area contributed by atoms with E-state index in [1.54, 1.807) is 11.1 Å². The Morgan fingerprint density at radius 3 is 1.38 bits per heavy atom. The highest BCUT2D eigenvalue weighted by Gasteiger charge is 2.13. The molecule has 0 aliphatic heterocycles. The zero-order valence-corrected chi connectivity index (χ0v) is 20.0. The molecule has 3 rings (SSSR count). The first-order chi connectivity index (χ1) is 14.2. The number of hydrogen-bond donors (Lipinski definition) is 0. The molecule has 1 heterocycles. The Morgan fingerprint density at radius 1 is 0.552 bits per heavy atom. The molecule has 0 aliphatic rings. The highest BCUT2D eigenvalue weighted by atomic mass is 32.1. The third-order valence-corrected chi connectivity index (χ3v) is 8.09. The van der Waals surface area contributed by atoms with Crippen molar-refractivity contribution < 1.29 is 0 Å². The molecule has 0 amide bonds. The lowest BCUT2D eigenvalue weighted by molar-refractivity contribution is 0.632. The largest absolute Gasteiger partial charge is 0.135 e. The second-order valence-electron chi connectivity index (χ2n) is 8.88. The minimum absolute atomic E-state index is 1.24. The monoisotopic (exact) mass is 408 g/mol. The molecular weight excluding hydrogens is 368 g/mol. The van der Waals surface area contributed by atoms with E-state index >= 15 is 0 Å². The highest BCUT2D eigenvalue weighted by Crippen LogP contribution is 2.40. The van der Waals surface area contributed by atoms with E-state index in [1.165, 1.54) is 108 Å². The van der Waals surface area contributed by atoms with Crippen LogP contribution in [0.1, 0.15) is 100 Å². The van der Waals surface area contributed by atoms with Crippen molar-refractivity contribution in [1.29, 1.82) is 0 Å². The summed E-state index contributed by atoms with van der Waals surface area (Å²) in [7, 11) is 0. The first kappa shape index (κ1) is 22.3. The van der Waals surface area contributed by atoms with Crippen LogP contribution in [-0.4, -0.2) is 0 Å². The summed E-state index contributed by atoms with van der Waals surface area (Å²) in [5, 5.41) is 2.93. The number of hydrogen-bond acceptors (Lipinski definition) is 1. The minimum Gasteiger partial charge on any atom is -0.135 e. The number of fused-ring (bicyclic) bond motifs is 3. The summed E-state index contributed by atoms with van der Waals surface area (Å²) in [5.74, 6) is 0. The summed E-state index contributed by atoms with van der Waals surface area (Å²) in [6.45, 7) is 9.28. The van der Waals surface area contributed by atoms with Crippen molar-refractivity contribution in [3.8, 4) is 0 Å². The molecule has 1 aromatic heterocycles. The predicted octanol–water partition coefficient (Wildman–Crippen LogP) is 9.70. The molecule has 2 aromatic carbocycles. The van der Waals surface area contributed by atoms with Gasteiger partial charge in [-0.2, -0.15) is 0 Å². The van der Waals surface area contributed by atoms with Gasteiger partial charge < -0.3 is 0 Å². The fourth-order valence-electron chi connectivity index (χ4n) is 4.63. The lowest BCUT2D eigenvalue weighted by Gasteiger charge is -2.07.